The fraction of sp³-hybridized carbons (Fsp3) is 0.231. The smallest absolute Gasteiger partial charge is 0.271 e. The van der Waals surface area contributed by atoms with E-state index >= 15 is 0 Å². The largest absolute Gasteiger partial charge is 0.347 e. The predicted molar refractivity (Wildman–Crippen MR) is 69.2 cm³/mol. The van der Waals surface area contributed by atoms with Crippen LogP contribution in [0.3, 0.4) is 0 Å². The Bertz CT molecular complexity index is 580. The Balaban J connectivity index is 2.03. The van der Waals surface area contributed by atoms with E-state index in [1.165, 1.54) is 23.5 Å². The van der Waals surface area contributed by atoms with Crippen molar-refractivity contribution in [1.29, 1.82) is 0 Å². The zero-order valence-electron chi connectivity index (χ0n) is 10.2. The van der Waals surface area contributed by atoms with E-state index in [0.29, 0.717) is 12.2 Å². The summed E-state index contributed by atoms with van der Waals surface area (Å²) in [5, 5.41) is 3.60. The van der Waals surface area contributed by atoms with Crippen LogP contribution in [0.15, 0.2) is 24.3 Å². The molecule has 18 heavy (non-hydrogen) atoms. The first-order valence-corrected chi connectivity index (χ1v) is 6.34. The van der Waals surface area contributed by atoms with Crippen molar-refractivity contribution in [2.75, 3.05) is 0 Å². The summed E-state index contributed by atoms with van der Waals surface area (Å²) in [6.45, 7) is 4.02. The van der Waals surface area contributed by atoms with E-state index in [2.05, 4.69) is 10.3 Å². The number of hydrogen-bond acceptors (Lipinski definition) is 3. The van der Waals surface area contributed by atoms with Gasteiger partial charge in [0.05, 0.1) is 5.01 Å². The Kier molecular flexibility index (Phi) is 3.72. The van der Waals surface area contributed by atoms with Crippen LogP contribution in [-0.4, -0.2) is 10.9 Å². The Hall–Kier alpha value is -1.75. The lowest BCUT2D eigenvalue weighted by Gasteiger charge is -2.04. The first kappa shape index (κ1) is 12.7. The van der Waals surface area contributed by atoms with Crippen molar-refractivity contribution in [2.45, 2.75) is 20.4 Å². The lowest BCUT2D eigenvalue weighted by Crippen LogP contribution is -2.23. The molecule has 0 saturated heterocycles. The molecular formula is C13H13FN2OS. The molecule has 1 aromatic carbocycles. The molecular weight excluding hydrogens is 251 g/mol. The third-order valence-electron chi connectivity index (χ3n) is 2.46. The van der Waals surface area contributed by atoms with Crippen molar-refractivity contribution in [1.82, 2.24) is 10.3 Å². The van der Waals surface area contributed by atoms with Crippen molar-refractivity contribution in [3.63, 3.8) is 0 Å². The molecule has 0 saturated carbocycles. The lowest BCUT2D eigenvalue weighted by atomic mass is 10.2. The van der Waals surface area contributed by atoms with E-state index in [4.69, 9.17) is 0 Å². The van der Waals surface area contributed by atoms with Crippen LogP contribution in [0, 0.1) is 19.7 Å². The van der Waals surface area contributed by atoms with Crippen LogP contribution in [0.5, 0.6) is 0 Å². The van der Waals surface area contributed by atoms with E-state index in [9.17, 15) is 9.18 Å². The number of nitrogens with one attached hydrogen (secondary N) is 1. The van der Waals surface area contributed by atoms with E-state index < -0.39 is 0 Å². The molecule has 3 nitrogen and oxygen atoms in total. The maximum Gasteiger partial charge on any atom is 0.271 e. The van der Waals surface area contributed by atoms with Gasteiger partial charge in [0.1, 0.15) is 11.5 Å². The standard InChI is InChI=1S/C13H13FN2OS/c1-8-12(16-9(2)18-8)13(17)15-7-10-4-3-5-11(14)6-10/h3-6H,7H2,1-2H3,(H,15,17). The van der Waals surface area contributed by atoms with Gasteiger partial charge in [-0.1, -0.05) is 12.1 Å². The molecule has 1 N–H and O–H groups in total. The predicted octanol–water partition coefficient (Wildman–Crippen LogP) is 2.83. The third-order valence-corrected chi connectivity index (χ3v) is 3.35. The first-order valence-electron chi connectivity index (χ1n) is 5.53. The van der Waals surface area contributed by atoms with Gasteiger partial charge in [0.2, 0.25) is 0 Å². The average molecular weight is 264 g/mol. The number of amides is 1. The molecule has 94 valence electrons. The highest BCUT2D eigenvalue weighted by Crippen LogP contribution is 2.16. The Labute approximate surface area is 109 Å². The van der Waals surface area contributed by atoms with Gasteiger partial charge in [-0.05, 0) is 31.5 Å². The molecule has 0 aliphatic rings. The van der Waals surface area contributed by atoms with Crippen molar-refractivity contribution in [3.05, 3.63) is 51.2 Å². The van der Waals surface area contributed by atoms with Crippen LogP contribution < -0.4 is 5.32 Å². The number of halogens is 1. The molecule has 5 heteroatoms. The van der Waals surface area contributed by atoms with Crippen molar-refractivity contribution < 1.29 is 9.18 Å². The van der Waals surface area contributed by atoms with Crippen LogP contribution in [0.4, 0.5) is 4.39 Å². The van der Waals surface area contributed by atoms with Gasteiger partial charge < -0.3 is 5.32 Å². The molecule has 2 rings (SSSR count). The second-order valence-electron chi connectivity index (χ2n) is 3.95. The summed E-state index contributed by atoms with van der Waals surface area (Å²) in [6, 6.07) is 6.16. The van der Waals surface area contributed by atoms with Crippen LogP contribution in [0.1, 0.15) is 25.9 Å². The van der Waals surface area contributed by atoms with Crippen molar-refractivity contribution in [2.24, 2.45) is 0 Å². The van der Waals surface area contributed by atoms with Crippen LogP contribution in [-0.2, 0) is 6.54 Å². The molecule has 0 unspecified atom stereocenters. The monoisotopic (exact) mass is 264 g/mol. The molecule has 0 spiro atoms. The molecule has 0 radical (unpaired) electrons. The zero-order chi connectivity index (χ0) is 13.1. The Morgan fingerprint density at radius 1 is 1.44 bits per heavy atom. The number of aryl methyl sites for hydroxylation is 2. The fourth-order valence-electron chi connectivity index (χ4n) is 1.65. The second kappa shape index (κ2) is 5.27. The highest BCUT2D eigenvalue weighted by Gasteiger charge is 2.13. The normalized spacial score (nSPS) is 10.4. The van der Waals surface area contributed by atoms with Crippen LogP contribution >= 0.6 is 11.3 Å². The number of thiazole rings is 1. The minimum atomic E-state index is -0.303. The van der Waals surface area contributed by atoms with E-state index in [-0.39, 0.29) is 11.7 Å². The molecule has 0 aliphatic heterocycles. The second-order valence-corrected chi connectivity index (χ2v) is 5.36. The molecule has 0 fully saturated rings. The average Bonchev–Trinajstić information content (AvgIpc) is 2.66. The number of rotatable bonds is 3. The minimum absolute atomic E-state index is 0.221. The highest BCUT2D eigenvalue weighted by molar-refractivity contribution is 7.11. The van der Waals surface area contributed by atoms with Gasteiger partial charge in [-0.2, -0.15) is 0 Å². The molecule has 0 atom stereocenters. The molecule has 2 aromatic rings. The number of carbonyl (C=O) groups is 1. The maximum atomic E-state index is 13.0. The Morgan fingerprint density at radius 2 is 2.22 bits per heavy atom. The van der Waals surface area contributed by atoms with Gasteiger partial charge in [-0.25, -0.2) is 9.37 Å². The lowest BCUT2D eigenvalue weighted by molar-refractivity contribution is 0.0946. The molecule has 0 aliphatic carbocycles. The molecule has 0 bridgehead atoms. The van der Waals surface area contributed by atoms with Gasteiger partial charge in [-0.3, -0.25) is 4.79 Å². The maximum absolute atomic E-state index is 13.0. The number of aromatic nitrogens is 1. The highest BCUT2D eigenvalue weighted by atomic mass is 32.1. The molecule has 1 amide bonds. The Morgan fingerprint density at radius 3 is 2.83 bits per heavy atom. The van der Waals surface area contributed by atoms with Gasteiger partial charge in [0.25, 0.3) is 5.91 Å². The van der Waals surface area contributed by atoms with E-state index in [0.717, 1.165) is 15.4 Å². The minimum Gasteiger partial charge on any atom is -0.347 e. The first-order chi connectivity index (χ1) is 8.56. The van der Waals surface area contributed by atoms with Crippen LogP contribution in [0.25, 0.3) is 0 Å². The van der Waals surface area contributed by atoms with Crippen molar-refractivity contribution >= 4 is 17.2 Å². The van der Waals surface area contributed by atoms with E-state index in [1.807, 2.05) is 13.8 Å². The van der Waals surface area contributed by atoms with Gasteiger partial charge in [-0.15, -0.1) is 11.3 Å². The summed E-state index contributed by atoms with van der Waals surface area (Å²) < 4.78 is 13.0. The number of hydrogen-bond donors (Lipinski definition) is 1. The topological polar surface area (TPSA) is 42.0 Å². The molecule has 1 heterocycles. The SMILES string of the molecule is Cc1nc(C(=O)NCc2cccc(F)c2)c(C)s1. The number of benzene rings is 1. The van der Waals surface area contributed by atoms with Gasteiger partial charge in [0.15, 0.2) is 0 Å². The van der Waals surface area contributed by atoms with Crippen molar-refractivity contribution in [3.8, 4) is 0 Å². The van der Waals surface area contributed by atoms with E-state index in [1.54, 1.807) is 12.1 Å². The number of carbonyl (C=O) groups excluding carboxylic acids is 1. The summed E-state index contributed by atoms with van der Waals surface area (Å²) in [5.74, 6) is -0.524. The van der Waals surface area contributed by atoms with Crippen LogP contribution in [0.2, 0.25) is 0 Å². The summed E-state index contributed by atoms with van der Waals surface area (Å²) in [4.78, 5) is 16.9. The summed E-state index contributed by atoms with van der Waals surface area (Å²) in [6.07, 6.45) is 0. The summed E-state index contributed by atoms with van der Waals surface area (Å²) in [7, 11) is 0. The molecule has 1 aromatic heterocycles. The quantitative estimate of drug-likeness (QED) is 0.926. The summed E-state index contributed by atoms with van der Waals surface area (Å²) in [5.41, 5.74) is 1.18. The zero-order valence-corrected chi connectivity index (χ0v) is 11.0. The van der Waals surface area contributed by atoms with Gasteiger partial charge in [0, 0.05) is 11.4 Å². The fourth-order valence-corrected chi connectivity index (χ4v) is 2.47. The van der Waals surface area contributed by atoms with Gasteiger partial charge >= 0.3 is 0 Å². The third kappa shape index (κ3) is 2.92. The summed E-state index contributed by atoms with van der Waals surface area (Å²) >= 11 is 1.49. The number of nitrogens with zero attached hydrogens (tertiary/aromatic N) is 1.